The van der Waals surface area contributed by atoms with Crippen molar-refractivity contribution in [2.75, 3.05) is 5.33 Å². The molecule has 0 saturated carbocycles. The molecule has 56 valence electrons. The molecular formula is C3H3Br2F3O. The van der Waals surface area contributed by atoms with Gasteiger partial charge in [0.25, 0.3) is 0 Å². The van der Waals surface area contributed by atoms with E-state index < -0.39 is 11.4 Å². The minimum atomic E-state index is -4.55. The Morgan fingerprint density at radius 2 is 1.89 bits per heavy atom. The summed E-state index contributed by atoms with van der Waals surface area (Å²) in [6.45, 7) is 0. The fourth-order valence-corrected chi connectivity index (χ4v) is 0.521. The summed E-state index contributed by atoms with van der Waals surface area (Å²) in [6, 6.07) is 0. The summed E-state index contributed by atoms with van der Waals surface area (Å²) in [5.41, 5.74) is 0. The van der Waals surface area contributed by atoms with Crippen LogP contribution in [0, 0.1) is 0 Å². The lowest BCUT2D eigenvalue weighted by Gasteiger charge is -2.09. The summed E-state index contributed by atoms with van der Waals surface area (Å²) < 4.78 is 37.1. The fourth-order valence-electron chi connectivity index (χ4n) is 0.176. The minimum absolute atomic E-state index is 0.104. The molecule has 1 atom stereocenters. The fraction of sp³-hybridized carbons (Fsp3) is 1.00. The van der Waals surface area contributed by atoms with Crippen molar-refractivity contribution in [1.82, 2.24) is 0 Å². The first kappa shape index (κ1) is 9.71. The quantitative estimate of drug-likeness (QED) is 0.702. The average molecular weight is 272 g/mol. The van der Waals surface area contributed by atoms with Crippen molar-refractivity contribution < 1.29 is 17.9 Å². The van der Waals surface area contributed by atoms with Crippen LogP contribution in [0.2, 0.25) is 0 Å². The summed E-state index contributed by atoms with van der Waals surface area (Å²) in [5.74, 6) is 0. The van der Waals surface area contributed by atoms with Crippen molar-refractivity contribution in [3.05, 3.63) is 0 Å². The van der Waals surface area contributed by atoms with Crippen LogP contribution in [-0.2, 0) is 4.74 Å². The van der Waals surface area contributed by atoms with Gasteiger partial charge in [0.1, 0.15) is 5.01 Å². The Balaban J connectivity index is 3.47. The van der Waals surface area contributed by atoms with E-state index in [4.69, 9.17) is 0 Å². The zero-order chi connectivity index (χ0) is 7.49. The Labute approximate surface area is 66.8 Å². The molecule has 0 aliphatic carbocycles. The first-order valence-electron chi connectivity index (χ1n) is 1.90. The number of hydrogen-bond donors (Lipinski definition) is 0. The van der Waals surface area contributed by atoms with Crippen LogP contribution in [0.5, 0.6) is 0 Å². The van der Waals surface area contributed by atoms with Crippen molar-refractivity contribution in [2.24, 2.45) is 0 Å². The minimum Gasteiger partial charge on any atom is -0.276 e. The van der Waals surface area contributed by atoms with E-state index in [0.29, 0.717) is 0 Å². The van der Waals surface area contributed by atoms with Gasteiger partial charge in [-0.2, -0.15) is 0 Å². The Hall–Kier alpha value is 0.710. The smallest absolute Gasteiger partial charge is 0.276 e. The summed E-state index contributed by atoms with van der Waals surface area (Å²) in [5, 5.41) is -0.899. The highest BCUT2D eigenvalue weighted by Crippen LogP contribution is 2.21. The van der Waals surface area contributed by atoms with Gasteiger partial charge >= 0.3 is 6.36 Å². The molecule has 0 spiro atoms. The van der Waals surface area contributed by atoms with Crippen LogP contribution in [0.3, 0.4) is 0 Å². The van der Waals surface area contributed by atoms with E-state index in [1.807, 2.05) is 0 Å². The first-order chi connectivity index (χ1) is 3.95. The second-order valence-electron chi connectivity index (χ2n) is 1.13. The monoisotopic (exact) mass is 270 g/mol. The number of alkyl halides is 5. The maximum absolute atomic E-state index is 11.2. The maximum Gasteiger partial charge on any atom is 0.523 e. The Morgan fingerprint density at radius 3 is 2.00 bits per heavy atom. The largest absolute Gasteiger partial charge is 0.523 e. The predicted molar refractivity (Wildman–Crippen MR) is 33.6 cm³/mol. The summed E-state index contributed by atoms with van der Waals surface area (Å²) in [6.07, 6.45) is -4.55. The molecule has 0 aromatic rings. The van der Waals surface area contributed by atoms with Gasteiger partial charge in [0, 0.05) is 5.33 Å². The third-order valence-electron chi connectivity index (χ3n) is 0.383. The molecule has 6 heteroatoms. The van der Waals surface area contributed by atoms with Gasteiger partial charge in [-0.3, -0.25) is 4.74 Å². The number of hydrogen-bond acceptors (Lipinski definition) is 1. The van der Waals surface area contributed by atoms with E-state index in [2.05, 4.69) is 36.6 Å². The lowest BCUT2D eigenvalue weighted by atomic mass is 10.9. The van der Waals surface area contributed by atoms with Crippen molar-refractivity contribution in [2.45, 2.75) is 11.4 Å². The van der Waals surface area contributed by atoms with Gasteiger partial charge < -0.3 is 0 Å². The molecule has 0 fully saturated rings. The second-order valence-corrected chi connectivity index (χ2v) is 2.80. The standard InChI is InChI=1S/C3H3Br2F3O/c4-1-2(5)9-3(6,7)8/h2H,1H2. The molecule has 0 amide bonds. The second kappa shape index (κ2) is 3.78. The zero-order valence-corrected chi connectivity index (χ0v) is 7.25. The van der Waals surface area contributed by atoms with Crippen LogP contribution in [0.1, 0.15) is 0 Å². The van der Waals surface area contributed by atoms with Crippen LogP contribution in [0.15, 0.2) is 0 Å². The lowest BCUT2D eigenvalue weighted by molar-refractivity contribution is -0.326. The van der Waals surface area contributed by atoms with Crippen LogP contribution < -0.4 is 0 Å². The topological polar surface area (TPSA) is 9.23 Å². The van der Waals surface area contributed by atoms with Crippen LogP contribution >= 0.6 is 31.9 Å². The number of halogens is 5. The molecular weight excluding hydrogens is 269 g/mol. The zero-order valence-electron chi connectivity index (χ0n) is 4.08. The Bertz CT molecular complexity index is 83.6. The number of ether oxygens (including phenoxy) is 1. The number of rotatable bonds is 2. The van der Waals surface area contributed by atoms with Crippen molar-refractivity contribution in [3.63, 3.8) is 0 Å². The Morgan fingerprint density at radius 1 is 1.44 bits per heavy atom. The van der Waals surface area contributed by atoms with Gasteiger partial charge in [-0.15, -0.1) is 13.2 Å². The van der Waals surface area contributed by atoms with E-state index in [1.165, 1.54) is 0 Å². The summed E-state index contributed by atoms with van der Waals surface area (Å²) >= 11 is 5.42. The van der Waals surface area contributed by atoms with Gasteiger partial charge in [0.05, 0.1) is 0 Å². The van der Waals surface area contributed by atoms with Crippen molar-refractivity contribution in [1.29, 1.82) is 0 Å². The van der Waals surface area contributed by atoms with Gasteiger partial charge in [0.2, 0.25) is 0 Å². The highest BCUT2D eigenvalue weighted by Gasteiger charge is 2.31. The highest BCUT2D eigenvalue weighted by molar-refractivity contribution is 9.12. The molecule has 0 aromatic heterocycles. The molecule has 0 N–H and O–H groups in total. The first-order valence-corrected chi connectivity index (χ1v) is 3.94. The molecule has 0 heterocycles. The van der Waals surface area contributed by atoms with Crippen molar-refractivity contribution in [3.8, 4) is 0 Å². The van der Waals surface area contributed by atoms with Crippen molar-refractivity contribution >= 4 is 31.9 Å². The van der Waals surface area contributed by atoms with Gasteiger partial charge in [-0.25, -0.2) is 0 Å². The maximum atomic E-state index is 11.2. The molecule has 1 unspecified atom stereocenters. The van der Waals surface area contributed by atoms with Crippen LogP contribution in [0.4, 0.5) is 13.2 Å². The molecule has 0 rings (SSSR count). The normalized spacial score (nSPS) is 15.7. The van der Waals surface area contributed by atoms with E-state index >= 15 is 0 Å². The SMILES string of the molecule is FC(F)(F)OC(Br)CBr. The Kier molecular flexibility index (Phi) is 4.07. The molecule has 0 aromatic carbocycles. The molecule has 0 aliphatic rings. The highest BCUT2D eigenvalue weighted by atomic mass is 79.9. The lowest BCUT2D eigenvalue weighted by Crippen LogP contribution is -2.19. The molecule has 0 saturated heterocycles. The van der Waals surface area contributed by atoms with Gasteiger partial charge in [-0.05, 0) is 0 Å². The molecule has 1 nitrogen and oxygen atoms in total. The summed E-state index contributed by atoms with van der Waals surface area (Å²) in [7, 11) is 0. The van der Waals surface area contributed by atoms with E-state index in [1.54, 1.807) is 0 Å². The average Bonchev–Trinajstić information content (AvgIpc) is 1.62. The molecule has 0 aliphatic heterocycles. The third kappa shape index (κ3) is 6.60. The predicted octanol–water partition coefficient (Wildman–Crippen LogP) is 2.64. The molecule has 0 bridgehead atoms. The van der Waals surface area contributed by atoms with Gasteiger partial charge in [-0.1, -0.05) is 31.9 Å². The molecule has 0 radical (unpaired) electrons. The van der Waals surface area contributed by atoms with E-state index in [-0.39, 0.29) is 5.33 Å². The van der Waals surface area contributed by atoms with E-state index in [9.17, 15) is 13.2 Å². The molecule has 9 heavy (non-hydrogen) atoms. The van der Waals surface area contributed by atoms with E-state index in [0.717, 1.165) is 0 Å². The van der Waals surface area contributed by atoms with Crippen LogP contribution in [0.25, 0.3) is 0 Å². The summed E-state index contributed by atoms with van der Waals surface area (Å²) in [4.78, 5) is 0. The third-order valence-corrected chi connectivity index (χ3v) is 2.35. The van der Waals surface area contributed by atoms with Crippen LogP contribution in [-0.4, -0.2) is 16.7 Å². The van der Waals surface area contributed by atoms with Gasteiger partial charge in [0.15, 0.2) is 0 Å².